The number of aromatic amines is 1. The molecule has 0 radical (unpaired) electrons. The van der Waals surface area contributed by atoms with Gasteiger partial charge in [0.2, 0.25) is 11.8 Å². The molecule has 0 aliphatic carbocycles. The average molecular weight is 526 g/mol. The Balaban J connectivity index is 1.40. The number of rotatable bonds is 6. The molecule has 9 nitrogen and oxygen atoms in total. The minimum atomic E-state index is -0.809. The van der Waals surface area contributed by atoms with Crippen molar-refractivity contribution in [2.75, 3.05) is 6.54 Å². The van der Waals surface area contributed by atoms with Crippen molar-refractivity contribution < 1.29 is 19.1 Å². The van der Waals surface area contributed by atoms with E-state index in [0.717, 1.165) is 16.5 Å². The highest BCUT2D eigenvalue weighted by atomic mass is 35.5. The highest BCUT2D eigenvalue weighted by Gasteiger charge is 2.42. The summed E-state index contributed by atoms with van der Waals surface area (Å²) < 4.78 is 5.57. The molecule has 10 heteroatoms. The summed E-state index contributed by atoms with van der Waals surface area (Å²) in [5.41, 5.74) is 1.79. The second kappa shape index (κ2) is 10.8. The molecule has 1 aliphatic heterocycles. The first-order valence-corrected chi connectivity index (χ1v) is 12.6. The van der Waals surface area contributed by atoms with Crippen LogP contribution in [0.5, 0.6) is 0 Å². The number of nitrogens with zero attached hydrogens (tertiary/aromatic N) is 2. The first kappa shape index (κ1) is 26.5. The zero-order valence-corrected chi connectivity index (χ0v) is 22.1. The van der Waals surface area contributed by atoms with Crippen LogP contribution in [0.4, 0.5) is 4.79 Å². The third-order valence-electron chi connectivity index (χ3n) is 6.26. The normalized spacial score (nSPS) is 18.5. The first-order chi connectivity index (χ1) is 17.5. The number of hydrogen-bond donors (Lipinski definition) is 3. The van der Waals surface area contributed by atoms with Gasteiger partial charge < -0.3 is 20.4 Å². The molecule has 37 heavy (non-hydrogen) atoms. The fraction of sp³-hybridized carbons (Fsp3) is 0.407. The Hall–Kier alpha value is -3.59. The molecule has 1 saturated heterocycles. The minimum absolute atomic E-state index is 0.0173. The summed E-state index contributed by atoms with van der Waals surface area (Å²) in [6.07, 6.45) is 3.20. The van der Waals surface area contributed by atoms with Gasteiger partial charge in [-0.2, -0.15) is 0 Å². The Morgan fingerprint density at radius 2 is 1.97 bits per heavy atom. The van der Waals surface area contributed by atoms with Gasteiger partial charge in [-0.1, -0.05) is 41.9 Å². The molecule has 0 unspecified atom stereocenters. The van der Waals surface area contributed by atoms with Crippen molar-refractivity contribution in [1.29, 1.82) is 0 Å². The van der Waals surface area contributed by atoms with Crippen molar-refractivity contribution in [2.45, 2.75) is 64.3 Å². The number of likely N-dealkylation sites (tertiary alicyclic amines) is 1. The summed E-state index contributed by atoms with van der Waals surface area (Å²) in [5.74, 6) is -0.763. The number of fused-ring (bicyclic) bond motifs is 1. The lowest BCUT2D eigenvalue weighted by molar-refractivity contribution is -0.131. The zero-order valence-electron chi connectivity index (χ0n) is 21.4. The molecule has 3 heterocycles. The van der Waals surface area contributed by atoms with Crippen LogP contribution in [-0.2, 0) is 20.9 Å². The number of pyridine rings is 1. The van der Waals surface area contributed by atoms with Crippen LogP contribution in [0, 0.1) is 0 Å². The molecule has 3 atom stereocenters. The minimum Gasteiger partial charge on any atom is -0.444 e. The number of ether oxygens (including phenoxy) is 1. The molecule has 1 aliphatic rings. The first-order valence-electron chi connectivity index (χ1n) is 12.3. The number of halogens is 1. The summed E-state index contributed by atoms with van der Waals surface area (Å²) >= 11 is 6.15. The maximum atomic E-state index is 13.3. The molecule has 0 bridgehead atoms. The van der Waals surface area contributed by atoms with Crippen LogP contribution in [0.25, 0.3) is 11.0 Å². The van der Waals surface area contributed by atoms with Crippen molar-refractivity contribution in [2.24, 2.45) is 0 Å². The monoisotopic (exact) mass is 525 g/mol. The number of hydrogen-bond acceptors (Lipinski definition) is 5. The number of aromatic nitrogens is 2. The summed E-state index contributed by atoms with van der Waals surface area (Å²) in [4.78, 5) is 47.7. The number of carbonyl (C=O) groups excluding carboxylic acids is 3. The summed E-state index contributed by atoms with van der Waals surface area (Å²) in [7, 11) is 0. The Bertz CT molecular complexity index is 1290. The van der Waals surface area contributed by atoms with E-state index in [9.17, 15) is 14.4 Å². The lowest BCUT2D eigenvalue weighted by atomic mass is 9.96. The Morgan fingerprint density at radius 3 is 2.68 bits per heavy atom. The van der Waals surface area contributed by atoms with E-state index >= 15 is 0 Å². The van der Waals surface area contributed by atoms with Gasteiger partial charge in [0.1, 0.15) is 23.3 Å². The van der Waals surface area contributed by atoms with Crippen molar-refractivity contribution in [3.8, 4) is 0 Å². The van der Waals surface area contributed by atoms with E-state index < -0.39 is 29.7 Å². The third kappa shape index (κ3) is 6.40. The maximum Gasteiger partial charge on any atom is 0.410 e. The molecule has 1 fully saturated rings. The topological polar surface area (TPSA) is 116 Å². The fourth-order valence-electron chi connectivity index (χ4n) is 4.40. The van der Waals surface area contributed by atoms with Crippen LogP contribution >= 0.6 is 11.6 Å². The molecule has 3 aromatic rings. The predicted octanol–water partition coefficient (Wildman–Crippen LogP) is 4.13. The number of nitrogens with one attached hydrogen (secondary N) is 3. The van der Waals surface area contributed by atoms with E-state index in [-0.39, 0.29) is 18.4 Å². The Kier molecular flexibility index (Phi) is 7.73. The number of benzene rings is 1. The predicted molar refractivity (Wildman–Crippen MR) is 141 cm³/mol. The van der Waals surface area contributed by atoms with Crippen LogP contribution in [0.1, 0.15) is 51.2 Å². The van der Waals surface area contributed by atoms with E-state index in [2.05, 4.69) is 20.6 Å². The van der Waals surface area contributed by atoms with Crippen LogP contribution in [0.3, 0.4) is 0 Å². The zero-order chi connectivity index (χ0) is 26.7. The quantitative estimate of drug-likeness (QED) is 0.447. The van der Waals surface area contributed by atoms with Crippen molar-refractivity contribution in [1.82, 2.24) is 25.5 Å². The molecule has 2 aromatic heterocycles. The van der Waals surface area contributed by atoms with E-state index in [4.69, 9.17) is 16.3 Å². The van der Waals surface area contributed by atoms with Crippen LogP contribution in [0.2, 0.25) is 5.02 Å². The van der Waals surface area contributed by atoms with Crippen molar-refractivity contribution >= 4 is 40.5 Å². The fourth-order valence-corrected chi connectivity index (χ4v) is 4.60. The molecular weight excluding hydrogens is 494 g/mol. The van der Waals surface area contributed by atoms with Crippen LogP contribution in [-0.4, -0.2) is 57.0 Å². The molecule has 0 spiro atoms. The van der Waals surface area contributed by atoms with Gasteiger partial charge in [0, 0.05) is 36.8 Å². The molecule has 0 saturated carbocycles. The third-order valence-corrected chi connectivity index (χ3v) is 6.57. The molecule has 3 N–H and O–H groups in total. The van der Waals surface area contributed by atoms with Crippen molar-refractivity contribution in [3.63, 3.8) is 0 Å². The van der Waals surface area contributed by atoms with Gasteiger partial charge in [-0.25, -0.2) is 9.78 Å². The molecule has 4 rings (SSSR count). The van der Waals surface area contributed by atoms with Gasteiger partial charge in [-0.15, -0.1) is 0 Å². The van der Waals surface area contributed by atoms with Gasteiger partial charge in [0.15, 0.2) is 0 Å². The lowest BCUT2D eigenvalue weighted by Crippen LogP contribution is -2.52. The summed E-state index contributed by atoms with van der Waals surface area (Å²) in [5, 5.41) is 6.91. The highest BCUT2D eigenvalue weighted by Crippen LogP contribution is 2.33. The molecule has 3 amide bonds. The second-order valence-corrected chi connectivity index (χ2v) is 10.7. The van der Waals surface area contributed by atoms with E-state index in [1.54, 1.807) is 40.1 Å². The molecule has 1 aromatic carbocycles. The van der Waals surface area contributed by atoms with Gasteiger partial charge in [-0.3, -0.25) is 14.5 Å². The second-order valence-electron chi connectivity index (χ2n) is 10.3. The standard InChI is InChI=1S/C27H32ClN5O4/c1-16(24(34)31-13-17-10-20-21(28)14-30-23(20)29-12-17)32-25(35)22-11-19(18-8-6-5-7-9-18)15-33(22)26(36)37-27(2,3)4/h5-10,12,14,16,19,22H,11,13,15H2,1-4H3,(H,29,30)(H,31,34)(H,32,35)/t16-,19-,22+/m0/s1. The van der Waals surface area contributed by atoms with Gasteiger partial charge in [0.25, 0.3) is 0 Å². The molecular formula is C27H32ClN5O4. The Morgan fingerprint density at radius 1 is 1.24 bits per heavy atom. The summed E-state index contributed by atoms with van der Waals surface area (Å²) in [6.45, 7) is 7.55. The number of carbonyl (C=O) groups is 3. The lowest BCUT2D eigenvalue weighted by Gasteiger charge is -2.28. The maximum absolute atomic E-state index is 13.3. The van der Waals surface area contributed by atoms with Crippen molar-refractivity contribution in [3.05, 3.63) is 64.9 Å². The van der Waals surface area contributed by atoms with E-state index in [1.807, 2.05) is 36.4 Å². The summed E-state index contributed by atoms with van der Waals surface area (Å²) in [6, 6.07) is 10.1. The average Bonchev–Trinajstić information content (AvgIpc) is 3.46. The largest absolute Gasteiger partial charge is 0.444 e. The smallest absolute Gasteiger partial charge is 0.410 e. The van der Waals surface area contributed by atoms with Gasteiger partial charge in [0.05, 0.1) is 5.02 Å². The van der Waals surface area contributed by atoms with E-state index in [0.29, 0.717) is 23.6 Å². The SMILES string of the molecule is C[C@H](NC(=O)[C@H]1C[C@H](c2ccccc2)CN1C(=O)OC(C)(C)C)C(=O)NCc1cnc2[nH]cc(Cl)c2c1. The Labute approximate surface area is 220 Å². The van der Waals surface area contributed by atoms with E-state index in [1.165, 1.54) is 4.90 Å². The van der Waals surface area contributed by atoms with Crippen LogP contribution < -0.4 is 10.6 Å². The highest BCUT2D eigenvalue weighted by molar-refractivity contribution is 6.35. The van der Waals surface area contributed by atoms with Crippen LogP contribution in [0.15, 0.2) is 48.8 Å². The van der Waals surface area contributed by atoms with Gasteiger partial charge in [-0.05, 0) is 51.3 Å². The number of H-pyrrole nitrogens is 1. The molecule has 196 valence electrons. The van der Waals surface area contributed by atoms with Gasteiger partial charge >= 0.3 is 6.09 Å². The number of amides is 3.